The van der Waals surface area contributed by atoms with Gasteiger partial charge in [-0.2, -0.15) is 5.10 Å². The minimum absolute atomic E-state index is 0.205. The predicted molar refractivity (Wildman–Crippen MR) is 110 cm³/mol. The van der Waals surface area contributed by atoms with Gasteiger partial charge in [0, 0.05) is 30.3 Å². The number of aromatic nitrogens is 2. The summed E-state index contributed by atoms with van der Waals surface area (Å²) in [5.41, 5.74) is 3.14. The molecule has 29 heavy (non-hydrogen) atoms. The zero-order valence-corrected chi connectivity index (χ0v) is 16.2. The number of para-hydroxylation sites is 1. The van der Waals surface area contributed by atoms with Crippen molar-refractivity contribution in [1.29, 1.82) is 0 Å². The van der Waals surface area contributed by atoms with Crippen LogP contribution in [0.15, 0.2) is 54.6 Å². The largest absolute Gasteiger partial charge is 0.497 e. The van der Waals surface area contributed by atoms with Gasteiger partial charge in [-0.05, 0) is 43.2 Å². The predicted octanol–water partition coefficient (Wildman–Crippen LogP) is 4.64. The van der Waals surface area contributed by atoms with Crippen molar-refractivity contribution in [1.82, 2.24) is 15.1 Å². The van der Waals surface area contributed by atoms with Crippen LogP contribution in [-0.4, -0.2) is 41.3 Å². The number of hydrogen-bond acceptors (Lipinski definition) is 3. The van der Waals surface area contributed by atoms with Crippen LogP contribution in [0.3, 0.4) is 0 Å². The van der Waals surface area contributed by atoms with Crippen molar-refractivity contribution in [2.45, 2.75) is 18.8 Å². The number of likely N-dealkylation sites (tertiary alicyclic amines) is 1. The fourth-order valence-corrected chi connectivity index (χ4v) is 3.63. The molecular weight excluding hydrogens is 371 g/mol. The number of ether oxygens (including phenoxy) is 1. The average molecular weight is 394 g/mol. The van der Waals surface area contributed by atoms with Gasteiger partial charge in [0.25, 0.3) is 0 Å². The number of nitrogens with zero attached hydrogens (tertiary/aromatic N) is 2. The van der Waals surface area contributed by atoms with E-state index in [9.17, 15) is 9.18 Å². The summed E-state index contributed by atoms with van der Waals surface area (Å²) < 4.78 is 19.0. The minimum atomic E-state index is -0.432. The van der Waals surface area contributed by atoms with Crippen molar-refractivity contribution in [2.75, 3.05) is 25.5 Å². The number of piperidine rings is 1. The SMILES string of the molecule is COc1cccc(-c2cc(C3CCN(C(=O)Nc4ccccc4F)CC3)[nH]n2)c1. The van der Waals surface area contributed by atoms with E-state index in [1.807, 2.05) is 24.3 Å². The lowest BCUT2D eigenvalue weighted by Gasteiger charge is -2.31. The summed E-state index contributed by atoms with van der Waals surface area (Å²) in [5, 5.41) is 10.2. The number of aromatic amines is 1. The summed E-state index contributed by atoms with van der Waals surface area (Å²) in [6.45, 7) is 1.22. The number of halogens is 1. The Morgan fingerprint density at radius 3 is 2.72 bits per heavy atom. The molecule has 1 aliphatic heterocycles. The summed E-state index contributed by atoms with van der Waals surface area (Å²) in [4.78, 5) is 14.2. The molecule has 0 spiro atoms. The molecule has 1 aromatic heterocycles. The fraction of sp³-hybridized carbons (Fsp3) is 0.273. The first kappa shape index (κ1) is 19.0. The first-order valence-electron chi connectivity index (χ1n) is 9.64. The Hall–Kier alpha value is -3.35. The van der Waals surface area contributed by atoms with E-state index in [1.54, 1.807) is 30.2 Å². The topological polar surface area (TPSA) is 70.2 Å². The van der Waals surface area contributed by atoms with Crippen molar-refractivity contribution >= 4 is 11.7 Å². The normalized spacial score (nSPS) is 14.6. The molecule has 0 atom stereocenters. The first-order valence-corrected chi connectivity index (χ1v) is 9.64. The molecule has 150 valence electrons. The summed E-state index contributed by atoms with van der Waals surface area (Å²) in [6.07, 6.45) is 1.65. The number of anilines is 1. The molecule has 2 amide bonds. The second-order valence-electron chi connectivity index (χ2n) is 7.11. The molecular formula is C22H23FN4O2. The van der Waals surface area contributed by atoms with Gasteiger partial charge >= 0.3 is 6.03 Å². The lowest BCUT2D eigenvalue weighted by molar-refractivity contribution is 0.194. The van der Waals surface area contributed by atoms with Crippen LogP contribution in [0, 0.1) is 5.82 Å². The number of H-pyrrole nitrogens is 1. The first-order chi connectivity index (χ1) is 14.1. The van der Waals surface area contributed by atoms with E-state index in [2.05, 4.69) is 21.6 Å². The van der Waals surface area contributed by atoms with Crippen LogP contribution in [0.5, 0.6) is 5.75 Å². The molecule has 0 saturated carbocycles. The quantitative estimate of drug-likeness (QED) is 0.677. The van der Waals surface area contributed by atoms with Crippen LogP contribution in [0.4, 0.5) is 14.9 Å². The Kier molecular flexibility index (Phi) is 5.46. The molecule has 2 aromatic carbocycles. The molecule has 0 aliphatic carbocycles. The third-order valence-electron chi connectivity index (χ3n) is 5.30. The number of urea groups is 1. The minimum Gasteiger partial charge on any atom is -0.497 e. The van der Waals surface area contributed by atoms with Gasteiger partial charge in [-0.3, -0.25) is 5.10 Å². The zero-order chi connectivity index (χ0) is 20.2. The molecule has 0 bridgehead atoms. The second kappa shape index (κ2) is 8.34. The number of methoxy groups -OCH3 is 1. The van der Waals surface area contributed by atoms with E-state index < -0.39 is 5.82 Å². The molecule has 3 aromatic rings. The Morgan fingerprint density at radius 1 is 1.17 bits per heavy atom. The van der Waals surface area contributed by atoms with Crippen LogP contribution in [0.25, 0.3) is 11.3 Å². The van der Waals surface area contributed by atoms with E-state index in [0.717, 1.165) is 35.5 Å². The van der Waals surface area contributed by atoms with Crippen LogP contribution in [0.1, 0.15) is 24.5 Å². The summed E-state index contributed by atoms with van der Waals surface area (Å²) in [7, 11) is 1.64. The highest BCUT2D eigenvalue weighted by atomic mass is 19.1. The maximum absolute atomic E-state index is 13.7. The highest BCUT2D eigenvalue weighted by Gasteiger charge is 2.25. The maximum Gasteiger partial charge on any atom is 0.321 e. The third-order valence-corrected chi connectivity index (χ3v) is 5.30. The van der Waals surface area contributed by atoms with Crippen LogP contribution < -0.4 is 10.1 Å². The van der Waals surface area contributed by atoms with Gasteiger partial charge in [-0.15, -0.1) is 0 Å². The Labute approximate surface area is 168 Å². The van der Waals surface area contributed by atoms with Gasteiger partial charge in [0.2, 0.25) is 0 Å². The standard InChI is InChI=1S/C22H23FN4O2/c1-29-17-6-4-5-16(13-17)21-14-20(25-26-21)15-9-11-27(12-10-15)22(28)24-19-8-3-2-7-18(19)23/h2-8,13-15H,9-12H2,1H3,(H,24,28)(H,25,26). The van der Waals surface area contributed by atoms with Crippen LogP contribution in [-0.2, 0) is 0 Å². The number of nitrogens with one attached hydrogen (secondary N) is 2. The molecule has 1 saturated heterocycles. The number of benzene rings is 2. The molecule has 6 nitrogen and oxygen atoms in total. The lowest BCUT2D eigenvalue weighted by Crippen LogP contribution is -2.40. The highest BCUT2D eigenvalue weighted by molar-refractivity contribution is 5.89. The second-order valence-corrected chi connectivity index (χ2v) is 7.11. The third kappa shape index (κ3) is 4.23. The Balaban J connectivity index is 1.37. The van der Waals surface area contributed by atoms with Gasteiger partial charge in [0.1, 0.15) is 11.6 Å². The number of carbonyl (C=O) groups is 1. The van der Waals surface area contributed by atoms with Crippen molar-refractivity contribution in [3.05, 3.63) is 66.1 Å². The van der Waals surface area contributed by atoms with Crippen molar-refractivity contribution in [3.63, 3.8) is 0 Å². The fourth-order valence-electron chi connectivity index (χ4n) is 3.63. The molecule has 0 unspecified atom stereocenters. The van der Waals surface area contributed by atoms with Gasteiger partial charge in [-0.1, -0.05) is 24.3 Å². The zero-order valence-electron chi connectivity index (χ0n) is 16.2. The lowest BCUT2D eigenvalue weighted by atomic mass is 9.93. The van der Waals surface area contributed by atoms with Crippen molar-refractivity contribution in [3.8, 4) is 17.0 Å². The summed E-state index contributed by atoms with van der Waals surface area (Å²) in [6, 6.07) is 15.8. The van der Waals surface area contributed by atoms with Gasteiger partial charge in [0.15, 0.2) is 0 Å². The van der Waals surface area contributed by atoms with E-state index in [-0.39, 0.29) is 11.7 Å². The number of rotatable bonds is 4. The average Bonchev–Trinajstić information content (AvgIpc) is 3.26. The summed E-state index contributed by atoms with van der Waals surface area (Å²) >= 11 is 0. The summed E-state index contributed by atoms with van der Waals surface area (Å²) in [5.74, 6) is 0.666. The van der Waals surface area contributed by atoms with Gasteiger partial charge in [0.05, 0.1) is 18.5 Å². The number of hydrogen-bond donors (Lipinski definition) is 2. The monoisotopic (exact) mass is 394 g/mol. The van der Waals surface area contributed by atoms with E-state index in [1.165, 1.54) is 6.07 Å². The maximum atomic E-state index is 13.7. The molecule has 4 rings (SSSR count). The molecule has 1 aliphatic rings. The Morgan fingerprint density at radius 2 is 1.97 bits per heavy atom. The van der Waals surface area contributed by atoms with Crippen LogP contribution >= 0.6 is 0 Å². The molecule has 0 radical (unpaired) electrons. The molecule has 7 heteroatoms. The molecule has 2 N–H and O–H groups in total. The van der Waals surface area contributed by atoms with Crippen molar-refractivity contribution in [2.24, 2.45) is 0 Å². The number of amides is 2. The van der Waals surface area contributed by atoms with E-state index in [0.29, 0.717) is 19.0 Å². The number of carbonyl (C=O) groups excluding carboxylic acids is 1. The van der Waals surface area contributed by atoms with E-state index in [4.69, 9.17) is 4.74 Å². The smallest absolute Gasteiger partial charge is 0.321 e. The van der Waals surface area contributed by atoms with E-state index >= 15 is 0 Å². The Bertz CT molecular complexity index is 996. The highest BCUT2D eigenvalue weighted by Crippen LogP contribution is 2.30. The molecule has 1 fully saturated rings. The van der Waals surface area contributed by atoms with Gasteiger partial charge < -0.3 is 15.0 Å². The van der Waals surface area contributed by atoms with Gasteiger partial charge in [-0.25, -0.2) is 9.18 Å². The van der Waals surface area contributed by atoms with Crippen LogP contribution in [0.2, 0.25) is 0 Å². The molecule has 2 heterocycles. The van der Waals surface area contributed by atoms with Crippen molar-refractivity contribution < 1.29 is 13.9 Å².